The van der Waals surface area contributed by atoms with Crippen LogP contribution in [0.3, 0.4) is 0 Å². The molecule has 1 N–H and O–H groups in total. The van der Waals surface area contributed by atoms with Crippen molar-refractivity contribution in [1.82, 2.24) is 5.32 Å². The molecule has 4 nitrogen and oxygen atoms in total. The van der Waals surface area contributed by atoms with Crippen LogP contribution in [-0.4, -0.2) is 23.4 Å². The first-order valence-electron chi connectivity index (χ1n) is 7.88. The maximum Gasteiger partial charge on any atom is 0.263 e. The minimum Gasteiger partial charge on any atom is -0.490 e. The number of carbonyl (C=O) groups excluding carboxylic acids is 1. The average Bonchev–Trinajstić information content (AvgIpc) is 2.93. The van der Waals surface area contributed by atoms with Crippen molar-refractivity contribution < 1.29 is 14.3 Å². The molecule has 0 aromatic heterocycles. The Hall–Kier alpha value is -2.02. The first-order valence-corrected chi connectivity index (χ1v) is 9.48. The highest BCUT2D eigenvalue weighted by atomic mass is 35.5. The van der Waals surface area contributed by atoms with Gasteiger partial charge in [0, 0.05) is 5.02 Å². The molecule has 1 amide bonds. The number of rotatable bonds is 6. The van der Waals surface area contributed by atoms with Gasteiger partial charge in [-0.2, -0.15) is 0 Å². The lowest BCUT2D eigenvalue weighted by Crippen LogP contribution is -2.17. The van der Waals surface area contributed by atoms with E-state index >= 15 is 0 Å². The Morgan fingerprint density at radius 1 is 1.12 bits per heavy atom. The normalized spacial score (nSPS) is 15.2. The molecule has 2 aromatic carbocycles. The van der Waals surface area contributed by atoms with E-state index in [0.717, 1.165) is 27.6 Å². The summed E-state index contributed by atoms with van der Waals surface area (Å²) in [6, 6.07) is 13.0. The van der Waals surface area contributed by atoms with E-state index in [9.17, 15) is 4.79 Å². The van der Waals surface area contributed by atoms with Gasteiger partial charge in [-0.25, -0.2) is 0 Å². The molecule has 1 saturated heterocycles. The zero-order valence-corrected chi connectivity index (χ0v) is 16.3. The molecule has 3 rings (SSSR count). The molecule has 1 heterocycles. The standard InChI is InChI=1S/C19H16ClNO3S2/c1-12-10-15(6-7-16(12)20)24-9-8-23-14-4-2-13(3-5-14)11-17-18(22)21-19(25)26-17/h2-7,10-11H,8-9H2,1H3,(H,21,22,25). The Bertz CT molecular complexity index is 866. The number of ether oxygens (including phenoxy) is 2. The lowest BCUT2D eigenvalue weighted by molar-refractivity contribution is -0.115. The fourth-order valence-electron chi connectivity index (χ4n) is 2.26. The van der Waals surface area contributed by atoms with Crippen molar-refractivity contribution in [2.24, 2.45) is 0 Å². The lowest BCUT2D eigenvalue weighted by atomic mass is 10.2. The van der Waals surface area contributed by atoms with Crippen LogP contribution in [0.15, 0.2) is 47.4 Å². The van der Waals surface area contributed by atoms with Crippen molar-refractivity contribution >= 4 is 51.9 Å². The highest BCUT2D eigenvalue weighted by Crippen LogP contribution is 2.26. The van der Waals surface area contributed by atoms with E-state index < -0.39 is 0 Å². The lowest BCUT2D eigenvalue weighted by Gasteiger charge is -2.09. The van der Waals surface area contributed by atoms with Gasteiger partial charge < -0.3 is 14.8 Å². The van der Waals surface area contributed by atoms with Gasteiger partial charge >= 0.3 is 0 Å². The number of amides is 1. The molecule has 134 valence electrons. The molecule has 1 aliphatic rings. The molecule has 2 aromatic rings. The second kappa shape index (κ2) is 8.58. The second-order valence-corrected chi connectivity index (χ2v) is 7.66. The number of hydrogen-bond acceptors (Lipinski definition) is 5. The summed E-state index contributed by atoms with van der Waals surface area (Å²) in [5.74, 6) is 1.35. The Labute approximate surface area is 166 Å². The third kappa shape index (κ3) is 5.00. The summed E-state index contributed by atoms with van der Waals surface area (Å²) >= 11 is 12.2. The summed E-state index contributed by atoms with van der Waals surface area (Å²) < 4.78 is 11.8. The Morgan fingerprint density at radius 2 is 1.77 bits per heavy atom. The van der Waals surface area contributed by atoms with Crippen LogP contribution < -0.4 is 14.8 Å². The van der Waals surface area contributed by atoms with Crippen molar-refractivity contribution in [2.75, 3.05) is 13.2 Å². The van der Waals surface area contributed by atoms with Gasteiger partial charge in [-0.05, 0) is 54.5 Å². The van der Waals surface area contributed by atoms with E-state index in [0.29, 0.717) is 22.4 Å². The number of halogens is 1. The fraction of sp³-hybridized carbons (Fsp3) is 0.158. The Balaban J connectivity index is 1.48. The highest BCUT2D eigenvalue weighted by Gasteiger charge is 2.21. The first-order chi connectivity index (χ1) is 12.5. The second-order valence-electron chi connectivity index (χ2n) is 5.53. The van der Waals surface area contributed by atoms with Crippen molar-refractivity contribution in [3.05, 3.63) is 63.5 Å². The molecule has 26 heavy (non-hydrogen) atoms. The van der Waals surface area contributed by atoms with Gasteiger partial charge in [-0.3, -0.25) is 4.79 Å². The molecule has 1 aliphatic heterocycles. The molecule has 1 fully saturated rings. The van der Waals surface area contributed by atoms with Gasteiger partial charge in [0.05, 0.1) is 4.91 Å². The predicted molar refractivity (Wildman–Crippen MR) is 110 cm³/mol. The number of benzene rings is 2. The van der Waals surface area contributed by atoms with E-state index in [2.05, 4.69) is 5.32 Å². The zero-order valence-electron chi connectivity index (χ0n) is 14.0. The molecule has 0 bridgehead atoms. The third-order valence-corrected chi connectivity index (χ3v) is 5.16. The van der Waals surface area contributed by atoms with Crippen LogP contribution >= 0.6 is 35.6 Å². The first kappa shape index (κ1) is 18.8. The SMILES string of the molecule is Cc1cc(OCCOc2ccc(C=C3SC(=S)NC3=O)cc2)ccc1Cl. The molecular formula is C19H16ClNO3S2. The average molecular weight is 406 g/mol. The predicted octanol–water partition coefficient (Wildman–Crippen LogP) is 4.60. The summed E-state index contributed by atoms with van der Waals surface area (Å²) in [4.78, 5) is 12.2. The fourth-order valence-corrected chi connectivity index (χ4v) is 3.42. The molecular weight excluding hydrogens is 390 g/mol. The maximum atomic E-state index is 11.7. The zero-order chi connectivity index (χ0) is 18.5. The molecule has 0 atom stereocenters. The maximum absolute atomic E-state index is 11.7. The van der Waals surface area contributed by atoms with E-state index in [4.69, 9.17) is 33.3 Å². The quantitative estimate of drug-likeness (QED) is 0.432. The van der Waals surface area contributed by atoms with Crippen LogP contribution in [0.5, 0.6) is 11.5 Å². The largest absolute Gasteiger partial charge is 0.490 e. The van der Waals surface area contributed by atoms with Crippen LogP contribution in [0.1, 0.15) is 11.1 Å². The number of aryl methyl sites for hydroxylation is 1. The number of thioether (sulfide) groups is 1. The summed E-state index contributed by atoms with van der Waals surface area (Å²) in [7, 11) is 0. The van der Waals surface area contributed by atoms with Crippen molar-refractivity contribution in [3.63, 3.8) is 0 Å². The molecule has 0 saturated carbocycles. The van der Waals surface area contributed by atoms with Gasteiger partial charge in [0.25, 0.3) is 5.91 Å². The summed E-state index contributed by atoms with van der Waals surface area (Å²) in [6.07, 6.45) is 1.80. The number of carbonyl (C=O) groups is 1. The Kier molecular flexibility index (Phi) is 6.19. The molecule has 0 radical (unpaired) electrons. The van der Waals surface area contributed by atoms with Crippen LogP contribution in [0.2, 0.25) is 5.02 Å². The van der Waals surface area contributed by atoms with E-state index in [-0.39, 0.29) is 5.91 Å². The van der Waals surface area contributed by atoms with E-state index in [1.807, 2.05) is 49.4 Å². The van der Waals surface area contributed by atoms with Crippen molar-refractivity contribution in [1.29, 1.82) is 0 Å². The van der Waals surface area contributed by atoms with Gasteiger partial charge in [0.1, 0.15) is 29.0 Å². The minimum absolute atomic E-state index is 0.157. The summed E-state index contributed by atoms with van der Waals surface area (Å²) in [5.41, 5.74) is 1.89. The molecule has 0 unspecified atom stereocenters. The molecule has 0 spiro atoms. The van der Waals surface area contributed by atoms with Crippen LogP contribution in [0.4, 0.5) is 0 Å². The van der Waals surface area contributed by atoms with Crippen LogP contribution in [0.25, 0.3) is 6.08 Å². The summed E-state index contributed by atoms with van der Waals surface area (Å²) in [5, 5.41) is 3.32. The van der Waals surface area contributed by atoms with Crippen molar-refractivity contribution in [3.8, 4) is 11.5 Å². The van der Waals surface area contributed by atoms with E-state index in [1.54, 1.807) is 6.08 Å². The molecule has 0 aliphatic carbocycles. The molecule has 7 heteroatoms. The number of thiocarbonyl (C=S) groups is 1. The number of nitrogens with one attached hydrogen (secondary N) is 1. The monoisotopic (exact) mass is 405 g/mol. The van der Waals surface area contributed by atoms with E-state index in [1.165, 1.54) is 11.8 Å². The van der Waals surface area contributed by atoms with Gasteiger partial charge in [0.15, 0.2) is 0 Å². The number of hydrogen-bond donors (Lipinski definition) is 1. The van der Waals surface area contributed by atoms with Gasteiger partial charge in [0.2, 0.25) is 0 Å². The highest BCUT2D eigenvalue weighted by molar-refractivity contribution is 8.26. The summed E-state index contributed by atoms with van der Waals surface area (Å²) in [6.45, 7) is 2.79. The van der Waals surface area contributed by atoms with Crippen LogP contribution in [0, 0.1) is 6.92 Å². The third-order valence-electron chi connectivity index (χ3n) is 3.57. The minimum atomic E-state index is -0.157. The Morgan fingerprint density at radius 3 is 2.38 bits per heavy atom. The van der Waals surface area contributed by atoms with Gasteiger partial charge in [-0.1, -0.05) is 47.7 Å². The smallest absolute Gasteiger partial charge is 0.263 e. The van der Waals surface area contributed by atoms with Crippen LogP contribution in [-0.2, 0) is 4.79 Å². The topological polar surface area (TPSA) is 47.6 Å². The van der Waals surface area contributed by atoms with Gasteiger partial charge in [-0.15, -0.1) is 0 Å². The van der Waals surface area contributed by atoms with Crippen molar-refractivity contribution in [2.45, 2.75) is 6.92 Å².